The number of thiazole rings is 1. The van der Waals surface area contributed by atoms with Gasteiger partial charge >= 0.3 is 6.18 Å². The van der Waals surface area contributed by atoms with Crippen LogP contribution in [0.3, 0.4) is 0 Å². The molecular weight excluding hydrogens is 403 g/mol. The molecule has 1 aromatic rings. The molecule has 0 amide bonds. The van der Waals surface area contributed by atoms with Gasteiger partial charge in [-0.05, 0) is 33.6 Å². The summed E-state index contributed by atoms with van der Waals surface area (Å²) in [6, 6.07) is 0.340. The number of aliphatic imine (C=N–C) groups is 1. The fraction of sp³-hybridized carbons (Fsp3) is 0.789. The molecule has 6 nitrogen and oxygen atoms in total. The average Bonchev–Trinajstić information content (AvgIpc) is 3.12. The Kier molecular flexibility index (Phi) is 9.64. The Morgan fingerprint density at radius 1 is 1.38 bits per heavy atom. The summed E-state index contributed by atoms with van der Waals surface area (Å²) in [4.78, 5) is 10.6. The van der Waals surface area contributed by atoms with Gasteiger partial charge in [0.25, 0.3) is 0 Å². The second-order valence-corrected chi connectivity index (χ2v) is 8.26. The number of ether oxygens (including phenoxy) is 1. The summed E-state index contributed by atoms with van der Waals surface area (Å²) in [5, 5.41) is 8.17. The van der Waals surface area contributed by atoms with E-state index < -0.39 is 11.9 Å². The molecule has 1 aliphatic rings. The highest BCUT2D eigenvalue weighted by molar-refractivity contribution is 7.09. The van der Waals surface area contributed by atoms with Gasteiger partial charge in [0.2, 0.25) is 0 Å². The highest BCUT2D eigenvalue weighted by atomic mass is 32.1. The van der Waals surface area contributed by atoms with E-state index in [-0.39, 0.29) is 6.10 Å². The van der Waals surface area contributed by atoms with Gasteiger partial charge in [0.1, 0.15) is 0 Å². The van der Waals surface area contributed by atoms with Crippen molar-refractivity contribution in [2.75, 3.05) is 39.3 Å². The molecule has 0 aromatic carbocycles. The zero-order valence-corrected chi connectivity index (χ0v) is 18.2. The van der Waals surface area contributed by atoms with Crippen molar-refractivity contribution in [3.8, 4) is 0 Å². The molecule has 1 fully saturated rings. The van der Waals surface area contributed by atoms with Crippen molar-refractivity contribution in [2.45, 2.75) is 58.4 Å². The molecule has 10 heteroatoms. The lowest BCUT2D eigenvalue weighted by atomic mass is 10.1. The first-order valence-electron chi connectivity index (χ1n) is 10.2. The van der Waals surface area contributed by atoms with Crippen LogP contribution in [0.5, 0.6) is 0 Å². The minimum absolute atomic E-state index is 0.262. The van der Waals surface area contributed by atoms with Crippen LogP contribution in [0.25, 0.3) is 0 Å². The van der Waals surface area contributed by atoms with Crippen LogP contribution in [0.15, 0.2) is 10.4 Å². The molecule has 0 aliphatic carbocycles. The summed E-state index contributed by atoms with van der Waals surface area (Å²) in [5.41, 5.74) is -0.822. The maximum Gasteiger partial charge on any atom is 0.434 e. The number of likely N-dealkylation sites (tertiary alicyclic amines) is 1. The van der Waals surface area contributed by atoms with E-state index in [0.29, 0.717) is 30.0 Å². The Labute approximate surface area is 174 Å². The number of piperidine rings is 1. The van der Waals surface area contributed by atoms with Gasteiger partial charge in [-0.25, -0.2) is 4.98 Å². The maximum atomic E-state index is 12.6. The van der Waals surface area contributed by atoms with Crippen molar-refractivity contribution < 1.29 is 17.9 Å². The number of nitrogens with one attached hydrogen (secondary N) is 2. The van der Waals surface area contributed by atoms with Crippen molar-refractivity contribution in [1.29, 1.82) is 0 Å². The van der Waals surface area contributed by atoms with E-state index in [1.165, 1.54) is 0 Å². The van der Waals surface area contributed by atoms with E-state index in [1.54, 1.807) is 0 Å². The average molecular weight is 436 g/mol. The smallest absolute Gasteiger partial charge is 0.377 e. The summed E-state index contributed by atoms with van der Waals surface area (Å²) in [5.74, 6) is 0.710. The van der Waals surface area contributed by atoms with Crippen LogP contribution in [-0.2, 0) is 17.3 Å². The minimum Gasteiger partial charge on any atom is -0.377 e. The van der Waals surface area contributed by atoms with E-state index in [1.807, 2.05) is 20.8 Å². The first kappa shape index (κ1) is 23.9. The van der Waals surface area contributed by atoms with Gasteiger partial charge in [0.15, 0.2) is 11.7 Å². The Balaban J connectivity index is 1.76. The van der Waals surface area contributed by atoms with Crippen LogP contribution in [-0.4, -0.2) is 67.3 Å². The molecular formula is C19H32F3N5OS. The van der Waals surface area contributed by atoms with Crippen molar-refractivity contribution >= 4 is 17.3 Å². The van der Waals surface area contributed by atoms with E-state index >= 15 is 0 Å². The molecule has 2 heterocycles. The summed E-state index contributed by atoms with van der Waals surface area (Å²) in [6.07, 6.45) is -1.69. The van der Waals surface area contributed by atoms with Crippen LogP contribution in [0.1, 0.15) is 44.3 Å². The largest absolute Gasteiger partial charge is 0.434 e. The minimum atomic E-state index is -4.38. The molecule has 166 valence electrons. The molecule has 0 atom stereocenters. The monoisotopic (exact) mass is 435 g/mol. The van der Waals surface area contributed by atoms with E-state index in [9.17, 15) is 13.2 Å². The van der Waals surface area contributed by atoms with E-state index in [2.05, 4.69) is 25.5 Å². The van der Waals surface area contributed by atoms with Crippen LogP contribution in [0.4, 0.5) is 13.2 Å². The normalized spacial score (nSPS) is 17.1. The number of nitrogens with zero attached hydrogens (tertiary/aromatic N) is 3. The lowest BCUT2D eigenvalue weighted by Crippen LogP contribution is -2.49. The number of guanidine groups is 1. The van der Waals surface area contributed by atoms with Crippen LogP contribution < -0.4 is 10.6 Å². The summed E-state index contributed by atoms with van der Waals surface area (Å²) in [6.45, 7) is 10.9. The highest BCUT2D eigenvalue weighted by Crippen LogP contribution is 2.30. The van der Waals surface area contributed by atoms with Crippen molar-refractivity contribution in [1.82, 2.24) is 20.5 Å². The van der Waals surface area contributed by atoms with E-state index in [4.69, 9.17) is 4.74 Å². The molecule has 1 aromatic heterocycles. The summed E-state index contributed by atoms with van der Waals surface area (Å²) in [7, 11) is 0. The van der Waals surface area contributed by atoms with Gasteiger partial charge in [-0.3, -0.25) is 4.99 Å². The number of hydrogen-bond donors (Lipinski definition) is 2. The zero-order valence-electron chi connectivity index (χ0n) is 17.4. The Hall–Kier alpha value is -1.39. The van der Waals surface area contributed by atoms with Gasteiger partial charge in [-0.1, -0.05) is 0 Å². The van der Waals surface area contributed by atoms with Crippen molar-refractivity contribution in [3.63, 3.8) is 0 Å². The number of alkyl halides is 3. The van der Waals surface area contributed by atoms with Gasteiger partial charge in [0, 0.05) is 50.6 Å². The third-order valence-electron chi connectivity index (χ3n) is 4.57. The fourth-order valence-electron chi connectivity index (χ4n) is 3.05. The zero-order chi connectivity index (χ0) is 21.3. The Morgan fingerprint density at radius 2 is 2.10 bits per heavy atom. The molecule has 0 spiro atoms. The second-order valence-electron chi connectivity index (χ2n) is 7.31. The van der Waals surface area contributed by atoms with Crippen LogP contribution in [0.2, 0.25) is 0 Å². The standard InChI is InChI=1S/C19H32F3N5OS/c1-4-23-18(24-8-5-17-26-16(13-29-17)19(20,21)22)25-15-6-9-27(10-7-15)11-12-28-14(2)3/h13-15H,4-12H2,1-3H3,(H2,23,24,25). The molecule has 1 saturated heterocycles. The van der Waals surface area contributed by atoms with E-state index in [0.717, 1.165) is 62.3 Å². The Bertz CT molecular complexity index is 628. The Morgan fingerprint density at radius 3 is 2.69 bits per heavy atom. The number of aromatic nitrogens is 1. The molecule has 0 saturated carbocycles. The van der Waals surface area contributed by atoms with Crippen LogP contribution in [0, 0.1) is 0 Å². The third kappa shape index (κ3) is 8.88. The van der Waals surface area contributed by atoms with Crippen molar-refractivity contribution in [3.05, 3.63) is 16.1 Å². The maximum absolute atomic E-state index is 12.6. The van der Waals surface area contributed by atoms with Gasteiger partial charge in [-0.2, -0.15) is 13.2 Å². The predicted octanol–water partition coefficient (Wildman–Crippen LogP) is 3.15. The van der Waals surface area contributed by atoms with Gasteiger partial charge < -0.3 is 20.3 Å². The molecule has 1 aliphatic heterocycles. The summed E-state index contributed by atoms with van der Waals surface area (Å²) < 4.78 is 43.5. The van der Waals surface area contributed by atoms with Crippen molar-refractivity contribution in [2.24, 2.45) is 4.99 Å². The molecule has 29 heavy (non-hydrogen) atoms. The topological polar surface area (TPSA) is 61.8 Å². The second kappa shape index (κ2) is 11.7. The molecule has 0 unspecified atom stereocenters. The lowest BCUT2D eigenvalue weighted by molar-refractivity contribution is -0.140. The highest BCUT2D eigenvalue weighted by Gasteiger charge is 2.33. The van der Waals surface area contributed by atoms with Gasteiger partial charge in [0.05, 0.1) is 17.7 Å². The summed E-state index contributed by atoms with van der Waals surface area (Å²) >= 11 is 1.03. The van der Waals surface area contributed by atoms with Crippen LogP contribution >= 0.6 is 11.3 Å². The fourth-order valence-corrected chi connectivity index (χ4v) is 3.85. The molecule has 2 N–H and O–H groups in total. The number of rotatable bonds is 9. The third-order valence-corrected chi connectivity index (χ3v) is 5.48. The van der Waals surface area contributed by atoms with Gasteiger partial charge in [-0.15, -0.1) is 11.3 Å². The first-order valence-corrected chi connectivity index (χ1v) is 11.1. The lowest BCUT2D eigenvalue weighted by Gasteiger charge is -2.33. The number of halogens is 3. The molecule has 0 bridgehead atoms. The molecule has 0 radical (unpaired) electrons. The predicted molar refractivity (Wildman–Crippen MR) is 110 cm³/mol. The SMILES string of the molecule is CCNC(=NCCc1nc(C(F)(F)F)cs1)NC1CCN(CCOC(C)C)CC1. The number of hydrogen-bond acceptors (Lipinski definition) is 5. The first-order chi connectivity index (χ1) is 13.8. The quantitative estimate of drug-likeness (QED) is 0.461. The molecule has 2 rings (SSSR count).